The topological polar surface area (TPSA) is 26.2 Å². The molecule has 0 fully saturated rings. The first-order valence-electron chi connectivity index (χ1n) is 9.10. The molecule has 4 aromatic rings. The van der Waals surface area contributed by atoms with Crippen LogP contribution in [0.1, 0.15) is 5.56 Å². The largest absolute Gasteiger partial charge is 0.493 e. The fourth-order valence-corrected chi connectivity index (χ4v) is 3.49. The van der Waals surface area contributed by atoms with Crippen LogP contribution in [-0.2, 0) is 6.54 Å². The quantitative estimate of drug-likeness (QED) is 0.308. The summed E-state index contributed by atoms with van der Waals surface area (Å²) in [5.41, 5.74) is 4.49. The molecule has 5 heteroatoms. The number of ether oxygens (including phenoxy) is 1. The van der Waals surface area contributed by atoms with E-state index in [2.05, 4.69) is 68.4 Å². The fourth-order valence-electron chi connectivity index (χ4n) is 3.20. The molecule has 0 aliphatic heterocycles. The Balaban J connectivity index is 1.52. The van der Waals surface area contributed by atoms with Crippen molar-refractivity contribution in [3.8, 4) is 5.75 Å². The number of rotatable bonds is 7. The number of aromatic nitrogens is 1. The van der Waals surface area contributed by atoms with Crippen molar-refractivity contribution in [2.45, 2.75) is 6.54 Å². The van der Waals surface area contributed by atoms with E-state index in [1.807, 2.05) is 36.4 Å². The van der Waals surface area contributed by atoms with Crippen molar-refractivity contribution in [2.24, 2.45) is 0 Å². The molecule has 142 valence electrons. The molecule has 0 atom stereocenters. The van der Waals surface area contributed by atoms with Gasteiger partial charge in [0.1, 0.15) is 5.75 Å². The molecule has 28 heavy (non-hydrogen) atoms. The van der Waals surface area contributed by atoms with E-state index in [-0.39, 0.29) is 0 Å². The molecule has 3 aromatic carbocycles. The Morgan fingerprint density at radius 3 is 2.57 bits per heavy atom. The van der Waals surface area contributed by atoms with Crippen LogP contribution in [-0.4, -0.2) is 16.5 Å². The summed E-state index contributed by atoms with van der Waals surface area (Å²) in [5.74, 6) is 0.905. The van der Waals surface area contributed by atoms with E-state index in [1.165, 1.54) is 16.5 Å². The van der Waals surface area contributed by atoms with Crippen molar-refractivity contribution in [3.63, 3.8) is 0 Å². The van der Waals surface area contributed by atoms with Crippen molar-refractivity contribution < 1.29 is 4.74 Å². The maximum absolute atomic E-state index is 5.96. The van der Waals surface area contributed by atoms with Gasteiger partial charge in [0.15, 0.2) is 0 Å². The Morgan fingerprint density at radius 1 is 0.929 bits per heavy atom. The lowest BCUT2D eigenvalue weighted by atomic mass is 10.2. The molecule has 0 spiro atoms. The van der Waals surface area contributed by atoms with Gasteiger partial charge < -0.3 is 14.6 Å². The number of hydrogen-bond donors (Lipinski definition) is 1. The van der Waals surface area contributed by atoms with Crippen molar-refractivity contribution in [3.05, 3.63) is 89.6 Å². The second kappa shape index (κ2) is 8.72. The molecule has 0 saturated carbocycles. The highest BCUT2D eigenvalue weighted by Gasteiger charge is 2.05. The minimum absolute atomic E-state index is 0.666. The summed E-state index contributed by atoms with van der Waals surface area (Å²) < 4.78 is 7.96. The first kappa shape index (κ1) is 18.9. The van der Waals surface area contributed by atoms with Crippen LogP contribution < -0.4 is 10.1 Å². The molecule has 0 bridgehead atoms. The van der Waals surface area contributed by atoms with E-state index in [1.54, 1.807) is 0 Å². The summed E-state index contributed by atoms with van der Waals surface area (Å²) in [4.78, 5) is 0. The predicted molar refractivity (Wildman–Crippen MR) is 122 cm³/mol. The molecule has 0 saturated heterocycles. The Bertz CT molecular complexity index is 1080. The molecule has 0 aliphatic rings. The number of nitrogens with zero attached hydrogens (tertiary/aromatic N) is 1. The van der Waals surface area contributed by atoms with Gasteiger partial charge in [-0.05, 0) is 66.2 Å². The molecular weight excluding hydrogens is 436 g/mol. The highest BCUT2D eigenvalue weighted by atomic mass is 79.9. The van der Waals surface area contributed by atoms with Gasteiger partial charge in [-0.15, -0.1) is 0 Å². The van der Waals surface area contributed by atoms with Crippen LogP contribution >= 0.6 is 27.5 Å². The van der Waals surface area contributed by atoms with Crippen LogP contribution in [0.3, 0.4) is 0 Å². The SMILES string of the molecule is Clc1ccc(Nc2ccc3c(ccn3Cc3cccc(OCCBr)c3)c2)cc1. The zero-order valence-electron chi connectivity index (χ0n) is 15.2. The van der Waals surface area contributed by atoms with Crippen LogP contribution in [0.25, 0.3) is 10.9 Å². The monoisotopic (exact) mass is 454 g/mol. The van der Waals surface area contributed by atoms with E-state index in [9.17, 15) is 0 Å². The number of fused-ring (bicyclic) bond motifs is 1. The normalized spacial score (nSPS) is 10.9. The summed E-state index contributed by atoms with van der Waals surface area (Å²) in [6.45, 7) is 1.47. The molecule has 3 nitrogen and oxygen atoms in total. The van der Waals surface area contributed by atoms with Crippen LogP contribution in [0.4, 0.5) is 11.4 Å². The van der Waals surface area contributed by atoms with Gasteiger partial charge in [-0.3, -0.25) is 0 Å². The average Bonchev–Trinajstić information content (AvgIpc) is 3.10. The standard InChI is InChI=1S/C23H20BrClN2O/c24-11-13-28-22-3-1-2-17(14-22)16-27-12-10-18-15-21(8-9-23(18)27)26-20-6-4-19(25)5-7-20/h1-10,12,14-15,26H,11,13,16H2. The highest BCUT2D eigenvalue weighted by molar-refractivity contribution is 9.09. The lowest BCUT2D eigenvalue weighted by Gasteiger charge is -2.10. The maximum atomic E-state index is 5.96. The molecule has 1 N–H and O–H groups in total. The number of nitrogens with one attached hydrogen (secondary N) is 1. The van der Waals surface area contributed by atoms with Crippen LogP contribution in [0.15, 0.2) is 79.0 Å². The molecule has 1 aromatic heterocycles. The highest BCUT2D eigenvalue weighted by Crippen LogP contribution is 2.25. The van der Waals surface area contributed by atoms with Crippen molar-refractivity contribution in [2.75, 3.05) is 17.3 Å². The number of hydrogen-bond acceptors (Lipinski definition) is 2. The van der Waals surface area contributed by atoms with Gasteiger partial charge in [-0.2, -0.15) is 0 Å². The van der Waals surface area contributed by atoms with Crippen LogP contribution in [0.2, 0.25) is 5.02 Å². The van der Waals surface area contributed by atoms with E-state index in [0.717, 1.165) is 34.0 Å². The van der Waals surface area contributed by atoms with Crippen molar-refractivity contribution in [1.29, 1.82) is 0 Å². The fraction of sp³-hybridized carbons (Fsp3) is 0.130. The van der Waals surface area contributed by atoms with Crippen molar-refractivity contribution >= 4 is 49.8 Å². The summed E-state index contributed by atoms with van der Waals surface area (Å²) in [7, 11) is 0. The van der Waals surface area contributed by atoms with E-state index in [4.69, 9.17) is 16.3 Å². The minimum Gasteiger partial charge on any atom is -0.493 e. The second-order valence-electron chi connectivity index (χ2n) is 6.53. The minimum atomic E-state index is 0.666. The first-order chi connectivity index (χ1) is 13.7. The molecule has 0 unspecified atom stereocenters. The Labute approximate surface area is 178 Å². The smallest absolute Gasteiger partial charge is 0.119 e. The first-order valence-corrected chi connectivity index (χ1v) is 10.6. The summed E-state index contributed by atoms with van der Waals surface area (Å²) >= 11 is 9.35. The molecule has 4 rings (SSSR count). The van der Waals surface area contributed by atoms with Gasteiger partial charge in [0.05, 0.1) is 6.61 Å². The van der Waals surface area contributed by atoms with Crippen LogP contribution in [0, 0.1) is 0 Å². The van der Waals surface area contributed by atoms with Gasteiger partial charge in [0.2, 0.25) is 0 Å². The number of benzene rings is 3. The molecule has 0 radical (unpaired) electrons. The number of anilines is 2. The van der Waals surface area contributed by atoms with Gasteiger partial charge >= 0.3 is 0 Å². The zero-order chi connectivity index (χ0) is 19.3. The predicted octanol–water partition coefficient (Wildman–Crippen LogP) is 6.86. The molecular formula is C23H20BrClN2O. The van der Waals surface area contributed by atoms with Gasteiger partial charge in [0.25, 0.3) is 0 Å². The third-order valence-electron chi connectivity index (χ3n) is 4.50. The van der Waals surface area contributed by atoms with Gasteiger partial charge in [-0.25, -0.2) is 0 Å². The molecule has 0 aliphatic carbocycles. The van der Waals surface area contributed by atoms with Gasteiger partial charge in [0, 0.05) is 45.4 Å². The van der Waals surface area contributed by atoms with E-state index in [0.29, 0.717) is 6.61 Å². The summed E-state index contributed by atoms with van der Waals surface area (Å²) in [5, 5.41) is 6.18. The Morgan fingerprint density at radius 2 is 1.75 bits per heavy atom. The van der Waals surface area contributed by atoms with E-state index < -0.39 is 0 Å². The third-order valence-corrected chi connectivity index (χ3v) is 5.08. The second-order valence-corrected chi connectivity index (χ2v) is 7.76. The van der Waals surface area contributed by atoms with E-state index >= 15 is 0 Å². The third kappa shape index (κ3) is 4.51. The Hall–Kier alpha value is -2.43. The lowest BCUT2D eigenvalue weighted by Crippen LogP contribution is -2.01. The summed E-state index contributed by atoms with van der Waals surface area (Å²) in [6, 6.07) is 24.5. The Kier molecular flexibility index (Phi) is 5.89. The average molecular weight is 456 g/mol. The van der Waals surface area contributed by atoms with Crippen molar-refractivity contribution in [1.82, 2.24) is 4.57 Å². The molecule has 1 heterocycles. The number of halogens is 2. The maximum Gasteiger partial charge on any atom is 0.119 e. The zero-order valence-corrected chi connectivity index (χ0v) is 17.6. The molecule has 0 amide bonds. The summed E-state index contributed by atoms with van der Waals surface area (Å²) in [6.07, 6.45) is 2.13. The number of alkyl halides is 1. The lowest BCUT2D eigenvalue weighted by molar-refractivity contribution is 0.344. The van der Waals surface area contributed by atoms with Gasteiger partial charge in [-0.1, -0.05) is 39.7 Å². The van der Waals surface area contributed by atoms with Crippen LogP contribution in [0.5, 0.6) is 5.75 Å².